The number of rotatable bonds is 3. The van der Waals surface area contributed by atoms with Crippen LogP contribution in [0, 0.1) is 0 Å². The van der Waals surface area contributed by atoms with E-state index in [4.69, 9.17) is 4.74 Å². The number of hydrogen-bond donors (Lipinski definition) is 2. The number of nitrogens with zero attached hydrogens (tertiary/aromatic N) is 1. The van der Waals surface area contributed by atoms with Crippen molar-refractivity contribution >= 4 is 5.90 Å². The van der Waals surface area contributed by atoms with E-state index >= 15 is 0 Å². The lowest BCUT2D eigenvalue weighted by Gasteiger charge is -2.13. The maximum Gasteiger partial charge on any atom is 0.573 e. The summed E-state index contributed by atoms with van der Waals surface area (Å²) in [4.78, 5) is 3.93. The molecule has 110 valence electrons. The molecule has 0 aliphatic carbocycles. The summed E-state index contributed by atoms with van der Waals surface area (Å²) < 4.78 is 45.2. The fraction of sp³-hybridized carbons (Fsp3) is 0.417. The fourth-order valence-corrected chi connectivity index (χ4v) is 1.73. The molecule has 1 heterocycles. The maximum absolute atomic E-state index is 12.1. The van der Waals surface area contributed by atoms with Crippen LogP contribution in [0.15, 0.2) is 29.3 Å². The van der Waals surface area contributed by atoms with Gasteiger partial charge in [0.2, 0.25) is 12.2 Å². The first-order valence-corrected chi connectivity index (χ1v) is 5.73. The number of hydrogen-bond acceptors (Lipinski definition) is 5. The molecule has 0 saturated heterocycles. The Balaban J connectivity index is 2.22. The Morgan fingerprint density at radius 1 is 1.40 bits per heavy atom. The summed E-state index contributed by atoms with van der Waals surface area (Å²) in [6.07, 6.45) is -7.08. The average Bonchev–Trinajstić information content (AvgIpc) is 2.69. The Morgan fingerprint density at radius 2 is 2.10 bits per heavy atom. The molecular weight excluding hydrogens is 279 g/mol. The molecule has 1 aromatic carbocycles. The van der Waals surface area contributed by atoms with Crippen molar-refractivity contribution in [3.05, 3.63) is 29.8 Å². The minimum absolute atomic E-state index is 0.0453. The largest absolute Gasteiger partial charge is 0.573 e. The van der Waals surface area contributed by atoms with Crippen LogP contribution in [-0.2, 0) is 4.74 Å². The Kier molecular flexibility index (Phi) is 3.87. The van der Waals surface area contributed by atoms with Crippen LogP contribution >= 0.6 is 0 Å². The minimum atomic E-state index is -4.79. The van der Waals surface area contributed by atoms with Crippen molar-refractivity contribution < 1.29 is 32.9 Å². The van der Waals surface area contributed by atoms with Crippen LogP contribution in [0.5, 0.6) is 5.75 Å². The zero-order valence-electron chi connectivity index (χ0n) is 10.3. The van der Waals surface area contributed by atoms with Crippen LogP contribution in [0.4, 0.5) is 13.2 Å². The molecule has 0 aromatic heterocycles. The van der Waals surface area contributed by atoms with Gasteiger partial charge in [-0.15, -0.1) is 13.2 Å². The molecule has 1 aliphatic heterocycles. The minimum Gasteiger partial charge on any atom is -0.445 e. The Labute approximate surface area is 112 Å². The second-order valence-electron chi connectivity index (χ2n) is 4.25. The molecule has 0 saturated carbocycles. The third kappa shape index (κ3) is 3.40. The molecule has 0 bridgehead atoms. The van der Waals surface area contributed by atoms with Gasteiger partial charge in [-0.3, -0.25) is 0 Å². The summed E-state index contributed by atoms with van der Waals surface area (Å²) in [5.74, 6) is -0.465. The molecule has 20 heavy (non-hydrogen) atoms. The number of ether oxygens (including phenoxy) is 2. The number of aliphatic imine (C=N–C) groups is 1. The van der Waals surface area contributed by atoms with Gasteiger partial charge >= 0.3 is 6.36 Å². The monoisotopic (exact) mass is 291 g/mol. The van der Waals surface area contributed by atoms with Gasteiger partial charge in [-0.25, -0.2) is 4.99 Å². The van der Waals surface area contributed by atoms with Gasteiger partial charge < -0.3 is 19.7 Å². The Bertz CT molecular complexity index is 516. The molecule has 0 radical (unpaired) electrons. The van der Waals surface area contributed by atoms with Crippen molar-refractivity contribution in [2.75, 3.05) is 0 Å². The fourth-order valence-electron chi connectivity index (χ4n) is 1.73. The first-order chi connectivity index (χ1) is 9.26. The van der Waals surface area contributed by atoms with Crippen LogP contribution in [-0.4, -0.2) is 40.9 Å². The lowest BCUT2D eigenvalue weighted by Crippen LogP contribution is -2.31. The van der Waals surface area contributed by atoms with Gasteiger partial charge in [0, 0.05) is 5.56 Å². The molecule has 0 spiro atoms. The second-order valence-corrected chi connectivity index (χ2v) is 4.25. The summed E-state index contributed by atoms with van der Waals surface area (Å²) >= 11 is 0. The average molecular weight is 291 g/mol. The van der Waals surface area contributed by atoms with Crippen LogP contribution in [0.2, 0.25) is 0 Å². The van der Waals surface area contributed by atoms with E-state index in [2.05, 4.69) is 9.73 Å². The van der Waals surface area contributed by atoms with Crippen LogP contribution < -0.4 is 4.74 Å². The predicted molar refractivity (Wildman–Crippen MR) is 62.2 cm³/mol. The SMILES string of the molecule is CC(O)C1N=C(c2cccc(OC(F)(F)F)c2)OC1O. The van der Waals surface area contributed by atoms with E-state index in [1.807, 2.05) is 0 Å². The molecular formula is C12H12F3NO4. The highest BCUT2D eigenvalue weighted by atomic mass is 19.4. The normalized spacial score (nSPS) is 24.0. The van der Waals surface area contributed by atoms with Gasteiger partial charge in [-0.1, -0.05) is 6.07 Å². The lowest BCUT2D eigenvalue weighted by molar-refractivity contribution is -0.274. The van der Waals surface area contributed by atoms with Crippen LogP contribution in [0.25, 0.3) is 0 Å². The summed E-state index contributed by atoms with van der Waals surface area (Å²) in [5, 5.41) is 18.9. The topological polar surface area (TPSA) is 71.3 Å². The third-order valence-corrected chi connectivity index (χ3v) is 2.60. The zero-order chi connectivity index (χ0) is 14.9. The van der Waals surface area contributed by atoms with Crippen molar-refractivity contribution in [2.45, 2.75) is 31.7 Å². The number of halogens is 3. The predicted octanol–water partition coefficient (Wildman–Crippen LogP) is 1.43. The lowest BCUT2D eigenvalue weighted by atomic mass is 10.2. The summed E-state index contributed by atoms with van der Waals surface area (Å²) in [6, 6.07) is 4.14. The van der Waals surface area contributed by atoms with E-state index in [-0.39, 0.29) is 11.5 Å². The summed E-state index contributed by atoms with van der Waals surface area (Å²) in [6.45, 7) is 1.42. The molecule has 2 rings (SSSR count). The second kappa shape index (κ2) is 5.29. The van der Waals surface area contributed by atoms with Crippen molar-refractivity contribution in [2.24, 2.45) is 4.99 Å². The molecule has 3 unspecified atom stereocenters. The standard InChI is InChI=1S/C12H12F3NO4/c1-6(17)9-11(18)19-10(16-9)7-3-2-4-8(5-7)20-12(13,14)15/h2-6,9,11,17-18H,1H3. The highest BCUT2D eigenvalue weighted by Gasteiger charge is 2.34. The highest BCUT2D eigenvalue weighted by molar-refractivity contribution is 5.95. The van der Waals surface area contributed by atoms with Crippen LogP contribution in [0.1, 0.15) is 12.5 Å². The molecule has 0 amide bonds. The quantitative estimate of drug-likeness (QED) is 0.883. The van der Waals surface area contributed by atoms with Crippen molar-refractivity contribution in [1.82, 2.24) is 0 Å². The van der Waals surface area contributed by atoms with Gasteiger partial charge in [0.05, 0.1) is 6.10 Å². The van der Waals surface area contributed by atoms with Gasteiger partial charge in [0.25, 0.3) is 0 Å². The number of aliphatic hydroxyl groups excluding tert-OH is 2. The van der Waals surface area contributed by atoms with Crippen LogP contribution in [0.3, 0.4) is 0 Å². The number of aliphatic hydroxyl groups is 2. The van der Waals surface area contributed by atoms with Crippen molar-refractivity contribution in [3.63, 3.8) is 0 Å². The van der Waals surface area contributed by atoms with Gasteiger partial charge in [-0.2, -0.15) is 0 Å². The first kappa shape index (κ1) is 14.6. The molecule has 3 atom stereocenters. The molecule has 5 nitrogen and oxygen atoms in total. The Morgan fingerprint density at radius 3 is 2.65 bits per heavy atom. The third-order valence-electron chi connectivity index (χ3n) is 2.60. The van der Waals surface area contributed by atoms with Gasteiger partial charge in [-0.05, 0) is 25.1 Å². The van der Waals surface area contributed by atoms with E-state index in [9.17, 15) is 23.4 Å². The van der Waals surface area contributed by atoms with Gasteiger partial charge in [0.1, 0.15) is 11.8 Å². The summed E-state index contributed by atoms with van der Waals surface area (Å²) in [7, 11) is 0. The summed E-state index contributed by atoms with van der Waals surface area (Å²) in [5.41, 5.74) is 0.217. The number of alkyl halides is 3. The van der Waals surface area contributed by atoms with E-state index in [0.29, 0.717) is 0 Å². The highest BCUT2D eigenvalue weighted by Crippen LogP contribution is 2.25. The van der Waals surface area contributed by atoms with E-state index in [1.54, 1.807) is 0 Å². The molecule has 8 heteroatoms. The maximum atomic E-state index is 12.1. The zero-order valence-corrected chi connectivity index (χ0v) is 10.3. The van der Waals surface area contributed by atoms with E-state index in [0.717, 1.165) is 12.1 Å². The smallest absolute Gasteiger partial charge is 0.445 e. The van der Waals surface area contributed by atoms with E-state index in [1.165, 1.54) is 19.1 Å². The Hall–Kier alpha value is -1.80. The van der Waals surface area contributed by atoms with Crippen molar-refractivity contribution in [3.8, 4) is 5.75 Å². The number of benzene rings is 1. The molecule has 0 fully saturated rings. The van der Waals surface area contributed by atoms with Gasteiger partial charge in [0.15, 0.2) is 0 Å². The van der Waals surface area contributed by atoms with Crippen molar-refractivity contribution in [1.29, 1.82) is 0 Å². The molecule has 2 N–H and O–H groups in total. The first-order valence-electron chi connectivity index (χ1n) is 5.73. The van der Waals surface area contributed by atoms with E-state index < -0.39 is 30.5 Å². The molecule has 1 aliphatic rings. The molecule has 1 aromatic rings.